The Bertz CT molecular complexity index is 361. The average Bonchev–Trinajstić information content (AvgIpc) is 2.93. The second kappa shape index (κ2) is 5.78. The number of amides is 1. The molecule has 0 bridgehead atoms. The molecule has 3 nitrogen and oxygen atoms in total. The van der Waals surface area contributed by atoms with Gasteiger partial charge in [0.25, 0.3) is 0 Å². The van der Waals surface area contributed by atoms with Gasteiger partial charge in [0, 0.05) is 12.0 Å². The lowest BCUT2D eigenvalue weighted by atomic mass is 9.81. The lowest BCUT2D eigenvalue weighted by Crippen LogP contribution is -2.48. The summed E-state index contributed by atoms with van der Waals surface area (Å²) in [6, 6.07) is 0.366. The molecule has 0 aliphatic heterocycles. The number of nitrogens with zero attached hydrogens (tertiary/aromatic N) is 1. The van der Waals surface area contributed by atoms with E-state index in [4.69, 9.17) is 18.0 Å². The Labute approximate surface area is 121 Å². The number of thiocarbonyl (C=S) groups is 1. The van der Waals surface area contributed by atoms with Crippen LogP contribution in [0.15, 0.2) is 0 Å². The van der Waals surface area contributed by atoms with E-state index < -0.39 is 0 Å². The van der Waals surface area contributed by atoms with Crippen LogP contribution in [0.1, 0.15) is 58.8 Å². The maximum absolute atomic E-state index is 12.9. The van der Waals surface area contributed by atoms with E-state index in [9.17, 15) is 4.79 Å². The fourth-order valence-electron chi connectivity index (χ4n) is 3.76. The van der Waals surface area contributed by atoms with E-state index in [-0.39, 0.29) is 11.3 Å². The molecule has 2 saturated carbocycles. The summed E-state index contributed by atoms with van der Waals surface area (Å²) >= 11 is 5.04. The van der Waals surface area contributed by atoms with Crippen LogP contribution in [0.2, 0.25) is 0 Å². The highest BCUT2D eigenvalue weighted by atomic mass is 32.1. The van der Waals surface area contributed by atoms with Gasteiger partial charge in [0.15, 0.2) is 0 Å². The van der Waals surface area contributed by atoms with Crippen molar-refractivity contribution >= 4 is 23.1 Å². The predicted octanol–water partition coefficient (Wildman–Crippen LogP) is 2.87. The van der Waals surface area contributed by atoms with Gasteiger partial charge in [-0.25, -0.2) is 0 Å². The highest BCUT2D eigenvalue weighted by Crippen LogP contribution is 2.44. The molecule has 19 heavy (non-hydrogen) atoms. The van der Waals surface area contributed by atoms with Crippen LogP contribution < -0.4 is 5.73 Å². The van der Waals surface area contributed by atoms with Crippen molar-refractivity contribution in [1.82, 2.24) is 4.90 Å². The van der Waals surface area contributed by atoms with Crippen LogP contribution in [-0.4, -0.2) is 28.4 Å². The van der Waals surface area contributed by atoms with Gasteiger partial charge in [0.1, 0.15) is 0 Å². The smallest absolute Gasteiger partial charge is 0.226 e. The van der Waals surface area contributed by atoms with E-state index in [0.717, 1.165) is 32.1 Å². The summed E-state index contributed by atoms with van der Waals surface area (Å²) in [6.07, 6.45) is 8.00. The van der Waals surface area contributed by atoms with E-state index in [0.29, 0.717) is 23.5 Å². The average molecular weight is 282 g/mol. The highest BCUT2D eigenvalue weighted by Gasteiger charge is 2.42. The summed E-state index contributed by atoms with van der Waals surface area (Å²) in [4.78, 5) is 15.3. The number of rotatable bonds is 4. The van der Waals surface area contributed by atoms with Crippen molar-refractivity contribution in [2.75, 3.05) is 6.54 Å². The molecule has 1 unspecified atom stereocenters. The molecule has 0 aromatic rings. The molecule has 2 fully saturated rings. The third kappa shape index (κ3) is 3.28. The zero-order valence-electron chi connectivity index (χ0n) is 12.2. The standard InChI is InChI=1S/C15H26N2OS/c1-15(2)9-5-8-12(15)14(18)17(10-13(16)19)11-6-3-4-7-11/h11-12H,3-10H2,1-2H3,(H2,16,19). The quantitative estimate of drug-likeness (QED) is 0.807. The van der Waals surface area contributed by atoms with Crippen LogP contribution in [0.3, 0.4) is 0 Å². The minimum atomic E-state index is 0.129. The Kier molecular flexibility index (Phi) is 4.49. The Morgan fingerprint density at radius 3 is 2.37 bits per heavy atom. The van der Waals surface area contributed by atoms with Crippen LogP contribution in [0.4, 0.5) is 0 Å². The second-order valence-corrected chi connectivity index (χ2v) is 7.33. The lowest BCUT2D eigenvalue weighted by molar-refractivity contribution is -0.139. The number of carbonyl (C=O) groups excluding carboxylic acids is 1. The Hall–Kier alpha value is -0.640. The van der Waals surface area contributed by atoms with E-state index in [1.165, 1.54) is 12.8 Å². The summed E-state index contributed by atoms with van der Waals surface area (Å²) in [5.74, 6) is 0.449. The first-order valence-corrected chi connectivity index (χ1v) is 7.91. The largest absolute Gasteiger partial charge is 0.392 e. The van der Waals surface area contributed by atoms with Gasteiger partial charge in [-0.3, -0.25) is 4.79 Å². The number of carbonyl (C=O) groups is 1. The van der Waals surface area contributed by atoms with E-state index in [1.54, 1.807) is 0 Å². The molecule has 2 aliphatic carbocycles. The van der Waals surface area contributed by atoms with Gasteiger partial charge >= 0.3 is 0 Å². The minimum absolute atomic E-state index is 0.129. The van der Waals surface area contributed by atoms with Gasteiger partial charge in [-0.05, 0) is 31.1 Å². The minimum Gasteiger partial charge on any atom is -0.392 e. The topological polar surface area (TPSA) is 46.3 Å². The van der Waals surface area contributed by atoms with Crippen molar-refractivity contribution in [3.05, 3.63) is 0 Å². The number of hydrogen-bond acceptors (Lipinski definition) is 2. The van der Waals surface area contributed by atoms with Gasteiger partial charge in [-0.2, -0.15) is 0 Å². The first kappa shape index (κ1) is 14.8. The molecule has 4 heteroatoms. The van der Waals surface area contributed by atoms with Crippen molar-refractivity contribution in [3.8, 4) is 0 Å². The molecule has 2 rings (SSSR count). The van der Waals surface area contributed by atoms with Crippen molar-refractivity contribution in [2.45, 2.75) is 64.8 Å². The van der Waals surface area contributed by atoms with Crippen LogP contribution >= 0.6 is 12.2 Å². The predicted molar refractivity (Wildman–Crippen MR) is 81.9 cm³/mol. The van der Waals surface area contributed by atoms with Crippen molar-refractivity contribution in [1.29, 1.82) is 0 Å². The number of hydrogen-bond donors (Lipinski definition) is 1. The molecular formula is C15H26N2OS. The van der Waals surface area contributed by atoms with Gasteiger partial charge in [0.05, 0.1) is 11.5 Å². The fraction of sp³-hybridized carbons (Fsp3) is 0.867. The van der Waals surface area contributed by atoms with Gasteiger partial charge < -0.3 is 10.6 Å². The fourth-order valence-corrected chi connectivity index (χ4v) is 3.89. The zero-order valence-corrected chi connectivity index (χ0v) is 13.0. The molecule has 108 valence electrons. The van der Waals surface area contributed by atoms with Gasteiger partial charge in [-0.15, -0.1) is 0 Å². The second-order valence-electron chi connectivity index (χ2n) is 6.80. The van der Waals surface area contributed by atoms with E-state index >= 15 is 0 Å². The molecular weight excluding hydrogens is 256 g/mol. The SMILES string of the molecule is CC1(C)CCCC1C(=O)N(CC(N)=S)C1CCCC1. The Morgan fingerprint density at radius 2 is 1.89 bits per heavy atom. The molecule has 2 N–H and O–H groups in total. The van der Waals surface area contributed by atoms with Crippen molar-refractivity contribution in [3.63, 3.8) is 0 Å². The molecule has 1 amide bonds. The maximum atomic E-state index is 12.9. The third-order valence-electron chi connectivity index (χ3n) is 4.93. The van der Waals surface area contributed by atoms with Gasteiger partial charge in [-0.1, -0.05) is 45.3 Å². The van der Waals surface area contributed by atoms with Crippen molar-refractivity contribution in [2.24, 2.45) is 17.1 Å². The van der Waals surface area contributed by atoms with Crippen LogP contribution in [0, 0.1) is 11.3 Å². The molecule has 0 aromatic heterocycles. The molecule has 0 radical (unpaired) electrons. The normalized spacial score (nSPS) is 26.5. The summed E-state index contributed by atoms with van der Waals surface area (Å²) in [6.45, 7) is 4.90. The van der Waals surface area contributed by atoms with Crippen LogP contribution in [0.25, 0.3) is 0 Å². The molecule has 0 spiro atoms. The van der Waals surface area contributed by atoms with Gasteiger partial charge in [0.2, 0.25) is 5.91 Å². The highest BCUT2D eigenvalue weighted by molar-refractivity contribution is 7.80. The summed E-state index contributed by atoms with van der Waals surface area (Å²) < 4.78 is 0. The third-order valence-corrected chi connectivity index (χ3v) is 5.06. The molecule has 1 atom stereocenters. The van der Waals surface area contributed by atoms with Crippen molar-refractivity contribution < 1.29 is 4.79 Å². The molecule has 2 aliphatic rings. The van der Waals surface area contributed by atoms with Crippen LogP contribution in [0.5, 0.6) is 0 Å². The lowest BCUT2D eigenvalue weighted by Gasteiger charge is -2.35. The Morgan fingerprint density at radius 1 is 1.26 bits per heavy atom. The number of nitrogens with two attached hydrogens (primary N) is 1. The molecule has 0 saturated heterocycles. The monoisotopic (exact) mass is 282 g/mol. The Balaban J connectivity index is 2.12. The summed E-state index contributed by atoms with van der Waals surface area (Å²) in [5, 5.41) is 0. The van der Waals surface area contributed by atoms with Crippen LogP contribution in [-0.2, 0) is 4.79 Å². The van der Waals surface area contributed by atoms with E-state index in [2.05, 4.69) is 13.8 Å². The molecule has 0 aromatic carbocycles. The summed E-state index contributed by atoms with van der Waals surface area (Å²) in [5.41, 5.74) is 5.83. The molecule has 0 heterocycles. The maximum Gasteiger partial charge on any atom is 0.226 e. The van der Waals surface area contributed by atoms with E-state index in [1.807, 2.05) is 4.90 Å². The summed E-state index contributed by atoms with van der Waals surface area (Å²) in [7, 11) is 0. The zero-order chi connectivity index (χ0) is 14.0. The first-order valence-electron chi connectivity index (χ1n) is 7.50. The first-order chi connectivity index (χ1) is 8.92.